The van der Waals surface area contributed by atoms with Gasteiger partial charge in [0.05, 0.1) is 6.54 Å². The Hall–Kier alpha value is -1.32. The van der Waals surface area contributed by atoms with Crippen molar-refractivity contribution in [1.29, 1.82) is 5.41 Å². The van der Waals surface area contributed by atoms with Crippen LogP contribution in [0.4, 0.5) is 0 Å². The van der Waals surface area contributed by atoms with Gasteiger partial charge in [-0.2, -0.15) is 0 Å². The Balaban J connectivity index is 2.82. The molecule has 0 aliphatic rings. The fourth-order valence-corrected chi connectivity index (χ4v) is 1.31. The molecule has 0 unspecified atom stereocenters. The number of nitrogens with one attached hydrogen (secondary N) is 2. The second-order valence-electron chi connectivity index (χ2n) is 2.98. The molecule has 0 atom stereocenters. The molecule has 1 rings (SSSR count). The molecule has 1 aromatic carbocycles. The smallest absolute Gasteiger partial charge is 0.142 e. The molecule has 0 saturated carbocycles. The van der Waals surface area contributed by atoms with Gasteiger partial charge < -0.3 is 0 Å². The molecule has 0 radical (unpaired) electrons. The molecule has 0 aliphatic heterocycles. The van der Waals surface area contributed by atoms with Gasteiger partial charge in [0.2, 0.25) is 0 Å². The Morgan fingerprint density at radius 3 is 2.60 bits per heavy atom. The van der Waals surface area contributed by atoms with E-state index in [2.05, 4.69) is 12.0 Å². The Labute approximate surface area is 94.8 Å². The largest absolute Gasteiger partial charge is 0.289 e. The SMILES string of the molecule is C=CCN(NC)C(=N)c1ccc(Cl)cc1. The van der Waals surface area contributed by atoms with E-state index in [9.17, 15) is 0 Å². The average molecular weight is 224 g/mol. The third kappa shape index (κ3) is 3.08. The minimum Gasteiger partial charge on any atom is -0.289 e. The van der Waals surface area contributed by atoms with Gasteiger partial charge in [-0.05, 0) is 24.3 Å². The molecule has 0 spiro atoms. The molecule has 2 N–H and O–H groups in total. The Kier molecular flexibility index (Phi) is 4.34. The van der Waals surface area contributed by atoms with Crippen molar-refractivity contribution in [3.05, 3.63) is 47.5 Å². The summed E-state index contributed by atoms with van der Waals surface area (Å²) < 4.78 is 0. The highest BCUT2D eigenvalue weighted by Gasteiger charge is 2.07. The van der Waals surface area contributed by atoms with Crippen molar-refractivity contribution < 1.29 is 0 Å². The number of halogens is 1. The lowest BCUT2D eigenvalue weighted by molar-refractivity contribution is 0.372. The normalized spacial score (nSPS) is 9.73. The summed E-state index contributed by atoms with van der Waals surface area (Å²) in [6, 6.07) is 7.18. The van der Waals surface area contributed by atoms with Gasteiger partial charge in [0.1, 0.15) is 5.84 Å². The van der Waals surface area contributed by atoms with E-state index in [1.54, 1.807) is 30.3 Å². The van der Waals surface area contributed by atoms with Crippen LogP contribution in [0.5, 0.6) is 0 Å². The number of hydrogen-bond donors (Lipinski definition) is 2. The van der Waals surface area contributed by atoms with Gasteiger partial charge in [0.25, 0.3) is 0 Å². The second kappa shape index (κ2) is 5.53. The van der Waals surface area contributed by atoms with Gasteiger partial charge in [0, 0.05) is 17.6 Å². The van der Waals surface area contributed by atoms with E-state index in [1.807, 2.05) is 12.1 Å². The average Bonchev–Trinajstić information content (AvgIpc) is 2.26. The standard InChI is InChI=1S/C11H14ClN3/c1-3-8-15(14-2)11(13)9-4-6-10(12)7-5-9/h3-7,13-14H,1,8H2,2H3. The maximum atomic E-state index is 7.93. The Morgan fingerprint density at radius 2 is 2.13 bits per heavy atom. The predicted octanol–water partition coefficient (Wildman–Crippen LogP) is 2.29. The molecule has 4 heteroatoms. The van der Waals surface area contributed by atoms with Crippen LogP contribution in [0.1, 0.15) is 5.56 Å². The van der Waals surface area contributed by atoms with Gasteiger partial charge in [0.15, 0.2) is 0 Å². The van der Waals surface area contributed by atoms with Crippen molar-refractivity contribution in [2.45, 2.75) is 0 Å². The zero-order valence-corrected chi connectivity index (χ0v) is 9.38. The van der Waals surface area contributed by atoms with Gasteiger partial charge >= 0.3 is 0 Å². The number of rotatable bonds is 4. The van der Waals surface area contributed by atoms with Crippen molar-refractivity contribution in [2.24, 2.45) is 0 Å². The Morgan fingerprint density at radius 1 is 1.53 bits per heavy atom. The summed E-state index contributed by atoms with van der Waals surface area (Å²) in [5.74, 6) is 0.397. The van der Waals surface area contributed by atoms with Crippen LogP contribution in [0.15, 0.2) is 36.9 Å². The van der Waals surface area contributed by atoms with Crippen LogP contribution in [0, 0.1) is 5.41 Å². The molecule has 0 heterocycles. The first-order valence-electron chi connectivity index (χ1n) is 4.59. The van der Waals surface area contributed by atoms with Crippen molar-refractivity contribution in [2.75, 3.05) is 13.6 Å². The van der Waals surface area contributed by atoms with Crippen LogP contribution in [0.2, 0.25) is 5.02 Å². The number of benzene rings is 1. The van der Waals surface area contributed by atoms with E-state index in [1.165, 1.54) is 0 Å². The summed E-state index contributed by atoms with van der Waals surface area (Å²) in [6.07, 6.45) is 1.74. The highest BCUT2D eigenvalue weighted by Crippen LogP contribution is 2.10. The first-order chi connectivity index (χ1) is 7.19. The molecule has 0 bridgehead atoms. The quantitative estimate of drug-likeness (QED) is 0.356. The van der Waals surface area contributed by atoms with E-state index < -0.39 is 0 Å². The predicted molar refractivity (Wildman–Crippen MR) is 64.2 cm³/mol. The third-order valence-electron chi connectivity index (χ3n) is 1.97. The molecular formula is C11H14ClN3. The molecule has 0 aromatic heterocycles. The maximum absolute atomic E-state index is 7.93. The minimum absolute atomic E-state index is 0.397. The fraction of sp³-hybridized carbons (Fsp3) is 0.182. The van der Waals surface area contributed by atoms with Crippen LogP contribution in [-0.4, -0.2) is 24.4 Å². The minimum atomic E-state index is 0.397. The summed E-state index contributed by atoms with van der Waals surface area (Å²) in [6.45, 7) is 4.22. The molecule has 0 fully saturated rings. The van der Waals surface area contributed by atoms with Crippen molar-refractivity contribution in [3.63, 3.8) is 0 Å². The Bertz CT molecular complexity index is 345. The van der Waals surface area contributed by atoms with E-state index in [-0.39, 0.29) is 0 Å². The van der Waals surface area contributed by atoms with Crippen molar-refractivity contribution in [1.82, 2.24) is 10.4 Å². The van der Waals surface area contributed by atoms with E-state index >= 15 is 0 Å². The molecule has 3 nitrogen and oxygen atoms in total. The lowest BCUT2D eigenvalue weighted by Crippen LogP contribution is -2.40. The van der Waals surface area contributed by atoms with Crippen molar-refractivity contribution >= 4 is 17.4 Å². The summed E-state index contributed by atoms with van der Waals surface area (Å²) in [5, 5.41) is 10.3. The van der Waals surface area contributed by atoms with Gasteiger partial charge in [-0.3, -0.25) is 10.4 Å². The maximum Gasteiger partial charge on any atom is 0.142 e. The molecule has 0 amide bonds. The van der Waals surface area contributed by atoms with Crippen LogP contribution < -0.4 is 5.43 Å². The van der Waals surface area contributed by atoms with Crippen molar-refractivity contribution in [3.8, 4) is 0 Å². The summed E-state index contributed by atoms with van der Waals surface area (Å²) in [4.78, 5) is 0. The van der Waals surface area contributed by atoms with Crippen LogP contribution in [0.3, 0.4) is 0 Å². The number of hydrazine groups is 1. The highest BCUT2D eigenvalue weighted by molar-refractivity contribution is 6.30. The zero-order chi connectivity index (χ0) is 11.3. The second-order valence-corrected chi connectivity index (χ2v) is 3.41. The van der Waals surface area contributed by atoms with Crippen LogP contribution >= 0.6 is 11.6 Å². The van der Waals surface area contributed by atoms with E-state index in [0.29, 0.717) is 17.4 Å². The van der Waals surface area contributed by atoms with E-state index in [4.69, 9.17) is 17.0 Å². The molecular weight excluding hydrogens is 210 g/mol. The zero-order valence-electron chi connectivity index (χ0n) is 8.63. The summed E-state index contributed by atoms with van der Waals surface area (Å²) in [7, 11) is 1.77. The van der Waals surface area contributed by atoms with Gasteiger partial charge in [-0.1, -0.05) is 17.7 Å². The summed E-state index contributed by atoms with van der Waals surface area (Å²) in [5.41, 5.74) is 3.74. The highest BCUT2D eigenvalue weighted by atomic mass is 35.5. The topological polar surface area (TPSA) is 39.1 Å². The first-order valence-corrected chi connectivity index (χ1v) is 4.97. The molecule has 80 valence electrons. The van der Waals surface area contributed by atoms with E-state index in [0.717, 1.165) is 5.56 Å². The molecule has 0 aliphatic carbocycles. The lowest BCUT2D eigenvalue weighted by atomic mass is 10.2. The molecule has 0 saturated heterocycles. The third-order valence-corrected chi connectivity index (χ3v) is 2.22. The van der Waals surface area contributed by atoms with Gasteiger partial charge in [-0.15, -0.1) is 6.58 Å². The fourth-order valence-electron chi connectivity index (χ4n) is 1.19. The monoisotopic (exact) mass is 223 g/mol. The summed E-state index contributed by atoms with van der Waals surface area (Å²) >= 11 is 5.78. The lowest BCUT2D eigenvalue weighted by Gasteiger charge is -2.22. The molecule has 1 aromatic rings. The van der Waals surface area contributed by atoms with Crippen LogP contribution in [0.25, 0.3) is 0 Å². The number of hydrogen-bond acceptors (Lipinski definition) is 2. The van der Waals surface area contributed by atoms with Gasteiger partial charge in [-0.25, -0.2) is 5.43 Å². The molecule has 15 heavy (non-hydrogen) atoms. The first kappa shape index (κ1) is 11.8. The number of amidine groups is 1. The number of nitrogens with zero attached hydrogens (tertiary/aromatic N) is 1. The van der Waals surface area contributed by atoms with Crippen LogP contribution in [-0.2, 0) is 0 Å².